The standard InChI is InChI=1S/C28H36F3N3O5/c1-36-17-6-15-32-26(35)8-4-3-5-19-38-23-13-14-24-25(20-23)34(16-7-18-37-2)27(33-24)21-9-11-22(12-10-21)39-28(29,30)31/h9-14,20H,3-8,15-19H2,1-2H3,(H,32,35). The number of aromatic nitrogens is 2. The molecule has 1 heterocycles. The molecular formula is C28H36F3N3O5. The van der Waals surface area contributed by atoms with Gasteiger partial charge in [0.05, 0.1) is 17.6 Å². The van der Waals surface area contributed by atoms with Crippen LogP contribution in [0, 0.1) is 0 Å². The Morgan fingerprint density at radius 3 is 2.33 bits per heavy atom. The monoisotopic (exact) mass is 551 g/mol. The molecule has 0 aliphatic rings. The molecule has 11 heteroatoms. The van der Waals surface area contributed by atoms with Crippen LogP contribution in [0.2, 0.25) is 0 Å². The van der Waals surface area contributed by atoms with Crippen LogP contribution < -0.4 is 14.8 Å². The fraction of sp³-hybridized carbons (Fsp3) is 0.500. The van der Waals surface area contributed by atoms with E-state index in [0.29, 0.717) is 56.5 Å². The molecule has 1 amide bonds. The largest absolute Gasteiger partial charge is 0.573 e. The molecule has 0 fully saturated rings. The molecule has 0 saturated carbocycles. The van der Waals surface area contributed by atoms with Crippen molar-refractivity contribution in [2.24, 2.45) is 0 Å². The van der Waals surface area contributed by atoms with E-state index in [4.69, 9.17) is 19.2 Å². The lowest BCUT2D eigenvalue weighted by Gasteiger charge is -2.12. The predicted molar refractivity (Wildman–Crippen MR) is 142 cm³/mol. The van der Waals surface area contributed by atoms with Gasteiger partial charge in [0.2, 0.25) is 5.91 Å². The maximum absolute atomic E-state index is 12.5. The number of fused-ring (bicyclic) bond motifs is 1. The summed E-state index contributed by atoms with van der Waals surface area (Å²) in [5.41, 5.74) is 2.28. The van der Waals surface area contributed by atoms with Gasteiger partial charge in [-0.25, -0.2) is 4.98 Å². The molecule has 39 heavy (non-hydrogen) atoms. The summed E-state index contributed by atoms with van der Waals surface area (Å²) in [6, 6.07) is 11.3. The van der Waals surface area contributed by atoms with Crippen LogP contribution in [0.3, 0.4) is 0 Å². The lowest BCUT2D eigenvalue weighted by Crippen LogP contribution is -2.24. The highest BCUT2D eigenvalue weighted by Gasteiger charge is 2.31. The van der Waals surface area contributed by atoms with Gasteiger partial charge >= 0.3 is 6.36 Å². The van der Waals surface area contributed by atoms with Crippen molar-refractivity contribution in [3.8, 4) is 22.9 Å². The zero-order valence-corrected chi connectivity index (χ0v) is 22.4. The average molecular weight is 552 g/mol. The topological polar surface area (TPSA) is 83.8 Å². The van der Waals surface area contributed by atoms with Crippen molar-refractivity contribution in [2.45, 2.75) is 51.4 Å². The zero-order valence-electron chi connectivity index (χ0n) is 22.4. The Balaban J connectivity index is 1.61. The van der Waals surface area contributed by atoms with Crippen LogP contribution >= 0.6 is 0 Å². The SMILES string of the molecule is COCCCNC(=O)CCCCCOc1ccc2nc(-c3ccc(OC(F)(F)F)cc3)n(CCCOC)c2c1. The second kappa shape index (κ2) is 15.3. The fourth-order valence-corrected chi connectivity index (χ4v) is 4.10. The van der Waals surface area contributed by atoms with E-state index in [1.165, 1.54) is 12.1 Å². The molecule has 3 rings (SSSR count). The quantitative estimate of drug-likeness (QED) is 0.216. The van der Waals surface area contributed by atoms with E-state index in [1.54, 1.807) is 26.4 Å². The minimum atomic E-state index is -4.75. The Morgan fingerprint density at radius 1 is 0.897 bits per heavy atom. The number of alkyl halides is 3. The van der Waals surface area contributed by atoms with E-state index in [-0.39, 0.29) is 11.7 Å². The van der Waals surface area contributed by atoms with Crippen molar-refractivity contribution in [2.75, 3.05) is 40.6 Å². The summed E-state index contributed by atoms with van der Waals surface area (Å²) in [5, 5.41) is 2.88. The van der Waals surface area contributed by atoms with E-state index in [9.17, 15) is 18.0 Å². The molecule has 3 aromatic rings. The molecule has 1 N–H and O–H groups in total. The summed E-state index contributed by atoms with van der Waals surface area (Å²) in [4.78, 5) is 16.6. The van der Waals surface area contributed by atoms with Crippen LogP contribution in [0.15, 0.2) is 42.5 Å². The minimum Gasteiger partial charge on any atom is -0.494 e. The number of rotatable bonds is 17. The highest BCUT2D eigenvalue weighted by molar-refractivity contribution is 5.82. The first kappa shape index (κ1) is 30.2. The summed E-state index contributed by atoms with van der Waals surface area (Å²) >= 11 is 0. The number of hydrogen-bond donors (Lipinski definition) is 1. The highest BCUT2D eigenvalue weighted by Crippen LogP contribution is 2.30. The summed E-state index contributed by atoms with van der Waals surface area (Å²) in [6.07, 6.45) is -0.233. The third-order valence-corrected chi connectivity index (χ3v) is 5.96. The summed E-state index contributed by atoms with van der Waals surface area (Å²) in [5.74, 6) is 1.10. The van der Waals surface area contributed by atoms with Gasteiger partial charge in [0.25, 0.3) is 0 Å². The normalized spacial score (nSPS) is 11.6. The van der Waals surface area contributed by atoms with Crippen molar-refractivity contribution in [1.82, 2.24) is 14.9 Å². The van der Waals surface area contributed by atoms with Crippen molar-refractivity contribution in [3.05, 3.63) is 42.5 Å². The number of benzene rings is 2. The van der Waals surface area contributed by atoms with Crippen LogP contribution in [-0.4, -0.2) is 62.4 Å². The van der Waals surface area contributed by atoms with E-state index in [0.717, 1.165) is 43.1 Å². The number of aryl methyl sites for hydroxylation is 1. The molecule has 0 radical (unpaired) electrons. The van der Waals surface area contributed by atoms with Gasteiger partial charge in [0, 0.05) is 58.6 Å². The Kier molecular flexibility index (Phi) is 11.9. The molecule has 0 atom stereocenters. The zero-order chi connectivity index (χ0) is 28.1. The lowest BCUT2D eigenvalue weighted by atomic mass is 10.2. The Bertz CT molecular complexity index is 1170. The van der Waals surface area contributed by atoms with Crippen LogP contribution in [0.4, 0.5) is 13.2 Å². The summed E-state index contributed by atoms with van der Waals surface area (Å²) in [7, 11) is 3.27. The molecule has 0 aliphatic carbocycles. The molecule has 0 spiro atoms. The fourth-order valence-electron chi connectivity index (χ4n) is 4.10. The first-order valence-corrected chi connectivity index (χ1v) is 13.0. The van der Waals surface area contributed by atoms with Gasteiger partial charge in [-0.2, -0.15) is 0 Å². The minimum absolute atomic E-state index is 0.0533. The molecule has 8 nitrogen and oxygen atoms in total. The number of amides is 1. The number of nitrogens with zero attached hydrogens (tertiary/aromatic N) is 2. The molecule has 2 aromatic carbocycles. The maximum Gasteiger partial charge on any atom is 0.573 e. The van der Waals surface area contributed by atoms with E-state index >= 15 is 0 Å². The molecular weight excluding hydrogens is 515 g/mol. The summed E-state index contributed by atoms with van der Waals surface area (Å²) < 4.78 is 59.8. The average Bonchev–Trinajstić information content (AvgIpc) is 3.26. The Morgan fingerprint density at radius 2 is 1.62 bits per heavy atom. The number of nitrogens with one attached hydrogen (secondary N) is 1. The number of carbonyl (C=O) groups excluding carboxylic acids is 1. The van der Waals surface area contributed by atoms with Crippen molar-refractivity contribution < 1.29 is 36.9 Å². The second-order valence-corrected chi connectivity index (χ2v) is 9.01. The number of ether oxygens (including phenoxy) is 4. The van der Waals surface area contributed by atoms with Gasteiger partial charge in [-0.15, -0.1) is 13.2 Å². The molecule has 0 bridgehead atoms. The van der Waals surface area contributed by atoms with Crippen molar-refractivity contribution in [1.29, 1.82) is 0 Å². The number of imidazole rings is 1. The van der Waals surface area contributed by atoms with Gasteiger partial charge in [0.1, 0.15) is 17.3 Å². The Hall–Kier alpha value is -3.31. The maximum atomic E-state index is 12.5. The van der Waals surface area contributed by atoms with E-state index < -0.39 is 6.36 Å². The number of unbranched alkanes of at least 4 members (excludes halogenated alkanes) is 2. The third-order valence-electron chi connectivity index (χ3n) is 5.96. The van der Waals surface area contributed by atoms with Gasteiger partial charge in [-0.05, 0) is 68.5 Å². The van der Waals surface area contributed by atoms with Gasteiger partial charge in [0.15, 0.2) is 0 Å². The Labute approximate surface area is 226 Å². The molecule has 0 aliphatic heterocycles. The predicted octanol–water partition coefficient (Wildman–Crippen LogP) is 5.73. The number of methoxy groups -OCH3 is 2. The highest BCUT2D eigenvalue weighted by atomic mass is 19.4. The first-order valence-electron chi connectivity index (χ1n) is 13.0. The molecule has 0 saturated heterocycles. The molecule has 0 unspecified atom stereocenters. The van der Waals surface area contributed by atoms with E-state index in [1.807, 2.05) is 22.8 Å². The van der Waals surface area contributed by atoms with Gasteiger partial charge in [-0.3, -0.25) is 4.79 Å². The van der Waals surface area contributed by atoms with Crippen molar-refractivity contribution >= 4 is 16.9 Å². The third kappa shape index (κ3) is 10.1. The first-order chi connectivity index (χ1) is 18.8. The van der Waals surface area contributed by atoms with Crippen LogP contribution in [-0.2, 0) is 20.8 Å². The van der Waals surface area contributed by atoms with Crippen molar-refractivity contribution in [3.63, 3.8) is 0 Å². The van der Waals surface area contributed by atoms with Crippen LogP contribution in [0.1, 0.15) is 38.5 Å². The van der Waals surface area contributed by atoms with Crippen LogP contribution in [0.25, 0.3) is 22.4 Å². The lowest BCUT2D eigenvalue weighted by molar-refractivity contribution is -0.274. The molecule has 214 valence electrons. The van der Waals surface area contributed by atoms with Gasteiger partial charge < -0.3 is 28.8 Å². The second-order valence-electron chi connectivity index (χ2n) is 9.01. The smallest absolute Gasteiger partial charge is 0.494 e. The van der Waals surface area contributed by atoms with Gasteiger partial charge in [-0.1, -0.05) is 0 Å². The molecule has 1 aromatic heterocycles. The number of carbonyl (C=O) groups is 1. The number of hydrogen-bond acceptors (Lipinski definition) is 6. The summed E-state index contributed by atoms with van der Waals surface area (Å²) in [6.45, 7) is 2.94. The van der Waals surface area contributed by atoms with E-state index in [2.05, 4.69) is 10.1 Å². The van der Waals surface area contributed by atoms with Crippen LogP contribution in [0.5, 0.6) is 11.5 Å². The number of halogens is 3.